The summed E-state index contributed by atoms with van der Waals surface area (Å²) in [6.07, 6.45) is 7.77. The monoisotopic (exact) mass is 391 g/mol. The van der Waals surface area contributed by atoms with Gasteiger partial charge in [0.2, 0.25) is 11.5 Å². The smallest absolute Gasteiger partial charge is 0.255 e. The van der Waals surface area contributed by atoms with Gasteiger partial charge in [0.25, 0.3) is 5.91 Å². The summed E-state index contributed by atoms with van der Waals surface area (Å²) >= 11 is 0. The zero-order chi connectivity index (χ0) is 20.3. The Morgan fingerprint density at radius 3 is 2.52 bits per heavy atom. The van der Waals surface area contributed by atoms with Crippen molar-refractivity contribution >= 4 is 17.9 Å². The largest absolute Gasteiger partial charge is 0.339 e. The third-order valence-electron chi connectivity index (χ3n) is 5.98. The minimum absolute atomic E-state index is 0.0283. The molecule has 1 N–H and O–H groups in total. The molecule has 0 saturated carbocycles. The van der Waals surface area contributed by atoms with Crippen LogP contribution in [0.3, 0.4) is 0 Å². The van der Waals surface area contributed by atoms with Gasteiger partial charge >= 0.3 is 0 Å². The molecule has 2 aliphatic rings. The number of piperidine rings is 1. The van der Waals surface area contributed by atoms with Gasteiger partial charge in [0.1, 0.15) is 0 Å². The van der Waals surface area contributed by atoms with E-state index in [9.17, 15) is 14.4 Å². The third kappa shape index (κ3) is 4.31. The number of amides is 2. The molecule has 29 heavy (non-hydrogen) atoms. The van der Waals surface area contributed by atoms with Gasteiger partial charge in [-0.3, -0.25) is 14.4 Å². The van der Waals surface area contributed by atoms with Crippen LogP contribution in [0.5, 0.6) is 0 Å². The van der Waals surface area contributed by atoms with Crippen molar-refractivity contribution in [3.8, 4) is 0 Å². The Bertz CT molecular complexity index is 952. The van der Waals surface area contributed by atoms with E-state index in [-0.39, 0.29) is 22.8 Å². The maximum absolute atomic E-state index is 12.6. The highest BCUT2D eigenvalue weighted by Gasteiger charge is 2.45. The van der Waals surface area contributed by atoms with E-state index >= 15 is 0 Å². The zero-order valence-corrected chi connectivity index (χ0v) is 16.3. The highest BCUT2D eigenvalue weighted by molar-refractivity contribution is 5.94. The average molecular weight is 391 g/mol. The van der Waals surface area contributed by atoms with Gasteiger partial charge in [-0.15, -0.1) is 0 Å². The van der Waals surface area contributed by atoms with Crippen LogP contribution in [0.15, 0.2) is 59.5 Å². The van der Waals surface area contributed by atoms with Crippen LogP contribution in [0.1, 0.15) is 35.2 Å². The minimum atomic E-state index is -0.218. The Hall–Kier alpha value is -3.15. The van der Waals surface area contributed by atoms with Gasteiger partial charge in [-0.2, -0.15) is 0 Å². The predicted molar refractivity (Wildman–Crippen MR) is 111 cm³/mol. The molecule has 150 valence electrons. The second-order valence-corrected chi connectivity index (χ2v) is 8.00. The number of nitrogens with one attached hydrogen (secondary N) is 1. The lowest BCUT2D eigenvalue weighted by molar-refractivity contribution is -0.127. The number of hydrogen-bond donors (Lipinski definition) is 1. The second kappa shape index (κ2) is 8.07. The Morgan fingerprint density at radius 1 is 1.07 bits per heavy atom. The average Bonchev–Trinajstić information content (AvgIpc) is 3.04. The maximum atomic E-state index is 12.6. The Kier molecular flexibility index (Phi) is 5.34. The number of aromatic amines is 1. The standard InChI is InChI=1S/C23H25N3O3/c27-20-9-8-19(16-24-20)22(29)25-13-10-23(11-14-25)15-21(28)26(17-23)12-4-7-18-5-2-1-3-6-18/h1-9,16H,10-15,17H2,(H,24,27). The highest BCUT2D eigenvalue weighted by atomic mass is 16.2. The molecule has 6 heteroatoms. The van der Waals surface area contributed by atoms with Gasteiger partial charge in [0, 0.05) is 50.3 Å². The van der Waals surface area contributed by atoms with Gasteiger partial charge in [-0.25, -0.2) is 0 Å². The lowest BCUT2D eigenvalue weighted by Crippen LogP contribution is -2.44. The summed E-state index contributed by atoms with van der Waals surface area (Å²) < 4.78 is 0. The summed E-state index contributed by atoms with van der Waals surface area (Å²) in [5, 5.41) is 0. The zero-order valence-electron chi connectivity index (χ0n) is 16.3. The number of nitrogens with zero attached hydrogens (tertiary/aromatic N) is 2. The first kappa shape index (κ1) is 19.2. The van der Waals surface area contributed by atoms with E-state index in [0.29, 0.717) is 31.6 Å². The van der Waals surface area contributed by atoms with E-state index in [1.807, 2.05) is 52.3 Å². The quantitative estimate of drug-likeness (QED) is 0.871. The number of benzene rings is 1. The summed E-state index contributed by atoms with van der Waals surface area (Å²) in [5.74, 6) is 0.131. The van der Waals surface area contributed by atoms with Crippen LogP contribution in [0.25, 0.3) is 6.08 Å². The summed E-state index contributed by atoms with van der Waals surface area (Å²) in [6, 6.07) is 13.0. The van der Waals surface area contributed by atoms with Crippen molar-refractivity contribution < 1.29 is 9.59 Å². The van der Waals surface area contributed by atoms with Crippen molar-refractivity contribution in [2.75, 3.05) is 26.2 Å². The van der Waals surface area contributed by atoms with Crippen molar-refractivity contribution in [2.45, 2.75) is 19.3 Å². The number of pyridine rings is 1. The molecule has 1 spiro atoms. The fourth-order valence-corrected chi connectivity index (χ4v) is 4.27. The van der Waals surface area contributed by atoms with Crippen molar-refractivity contribution in [2.24, 2.45) is 5.41 Å². The van der Waals surface area contributed by atoms with Crippen molar-refractivity contribution in [3.05, 3.63) is 76.2 Å². The molecular weight excluding hydrogens is 366 g/mol. The predicted octanol–water partition coefficient (Wildman–Crippen LogP) is 2.54. The number of aromatic nitrogens is 1. The van der Waals surface area contributed by atoms with E-state index in [1.54, 1.807) is 6.07 Å². The number of carbonyl (C=O) groups excluding carboxylic acids is 2. The van der Waals surface area contributed by atoms with Crippen LogP contribution in [0, 0.1) is 5.41 Å². The molecule has 1 aromatic carbocycles. The van der Waals surface area contributed by atoms with E-state index in [4.69, 9.17) is 0 Å². The molecular formula is C23H25N3O3. The second-order valence-electron chi connectivity index (χ2n) is 8.00. The van der Waals surface area contributed by atoms with Gasteiger partial charge < -0.3 is 14.8 Å². The molecule has 1 aromatic heterocycles. The van der Waals surface area contributed by atoms with Gasteiger partial charge in [0.15, 0.2) is 0 Å². The van der Waals surface area contributed by atoms with E-state index < -0.39 is 0 Å². The minimum Gasteiger partial charge on any atom is -0.339 e. The Labute approximate surface area is 169 Å². The fourth-order valence-electron chi connectivity index (χ4n) is 4.27. The molecule has 2 aromatic rings. The van der Waals surface area contributed by atoms with Crippen LogP contribution >= 0.6 is 0 Å². The van der Waals surface area contributed by atoms with Crippen LogP contribution in [0.2, 0.25) is 0 Å². The van der Waals surface area contributed by atoms with E-state index in [1.165, 1.54) is 12.3 Å². The SMILES string of the molecule is O=C1CC2(CCN(C(=O)c3ccc(=O)[nH]c3)CC2)CN1CC=Cc1ccccc1. The topological polar surface area (TPSA) is 73.5 Å². The number of H-pyrrole nitrogens is 1. The molecule has 0 radical (unpaired) electrons. The summed E-state index contributed by atoms with van der Waals surface area (Å²) in [4.78, 5) is 42.7. The molecule has 0 aliphatic carbocycles. The first-order chi connectivity index (χ1) is 14.0. The first-order valence-electron chi connectivity index (χ1n) is 10.0. The summed E-state index contributed by atoms with van der Waals surface area (Å²) in [6.45, 7) is 2.65. The number of hydrogen-bond acceptors (Lipinski definition) is 3. The van der Waals surface area contributed by atoms with Crippen LogP contribution in [-0.4, -0.2) is 52.8 Å². The van der Waals surface area contributed by atoms with Gasteiger partial charge in [-0.1, -0.05) is 42.5 Å². The van der Waals surface area contributed by atoms with Crippen molar-refractivity contribution in [1.82, 2.24) is 14.8 Å². The Balaban J connectivity index is 1.33. The molecule has 0 bridgehead atoms. The van der Waals surface area contributed by atoms with Crippen LogP contribution < -0.4 is 5.56 Å². The molecule has 4 rings (SSSR count). The molecule has 2 aliphatic heterocycles. The number of rotatable bonds is 4. The lowest BCUT2D eigenvalue weighted by atomic mass is 9.77. The van der Waals surface area contributed by atoms with Gasteiger partial charge in [0.05, 0.1) is 5.56 Å². The van der Waals surface area contributed by atoms with Crippen molar-refractivity contribution in [3.63, 3.8) is 0 Å². The van der Waals surface area contributed by atoms with Crippen LogP contribution in [-0.2, 0) is 4.79 Å². The lowest BCUT2D eigenvalue weighted by Gasteiger charge is -2.38. The first-order valence-corrected chi connectivity index (χ1v) is 10.0. The van der Waals surface area contributed by atoms with Crippen LogP contribution in [0.4, 0.5) is 0 Å². The molecule has 2 saturated heterocycles. The third-order valence-corrected chi connectivity index (χ3v) is 5.98. The molecule has 6 nitrogen and oxygen atoms in total. The molecule has 2 fully saturated rings. The highest BCUT2D eigenvalue weighted by Crippen LogP contribution is 2.41. The summed E-state index contributed by atoms with van der Waals surface area (Å²) in [7, 11) is 0. The summed E-state index contributed by atoms with van der Waals surface area (Å²) in [5.41, 5.74) is 1.38. The number of carbonyl (C=O) groups is 2. The van der Waals surface area contributed by atoms with E-state index in [2.05, 4.69) is 4.98 Å². The molecule has 2 amide bonds. The molecule has 0 atom stereocenters. The van der Waals surface area contributed by atoms with E-state index in [0.717, 1.165) is 24.9 Å². The maximum Gasteiger partial charge on any atom is 0.255 e. The normalized spacial score (nSPS) is 18.7. The van der Waals surface area contributed by atoms with Gasteiger partial charge in [-0.05, 0) is 24.5 Å². The Morgan fingerprint density at radius 2 is 1.83 bits per heavy atom. The fraction of sp³-hybridized carbons (Fsp3) is 0.348. The molecule has 3 heterocycles. The number of likely N-dealkylation sites (tertiary alicyclic amines) is 2. The molecule has 0 unspecified atom stereocenters. The van der Waals surface area contributed by atoms with Crippen molar-refractivity contribution in [1.29, 1.82) is 0 Å².